The van der Waals surface area contributed by atoms with Crippen molar-refractivity contribution in [2.24, 2.45) is 0 Å². The van der Waals surface area contributed by atoms with Gasteiger partial charge in [-0.1, -0.05) is 24.3 Å². The third kappa shape index (κ3) is 3.96. The Morgan fingerprint density at radius 2 is 1.86 bits per heavy atom. The average molecular weight is 297 g/mol. The Labute approximate surface area is 127 Å². The van der Waals surface area contributed by atoms with E-state index in [0.29, 0.717) is 16.9 Å². The molecule has 2 N–H and O–H groups in total. The molecule has 0 aliphatic heterocycles. The van der Waals surface area contributed by atoms with E-state index in [1.807, 2.05) is 0 Å². The maximum atomic E-state index is 11.8. The first-order valence-corrected chi connectivity index (χ1v) is 6.55. The van der Waals surface area contributed by atoms with Crippen molar-refractivity contribution in [3.8, 4) is 11.5 Å². The van der Waals surface area contributed by atoms with Crippen LogP contribution in [0.3, 0.4) is 0 Å². The zero-order chi connectivity index (χ0) is 15.9. The standard InChI is InChI=1S/C17H15NO4/c1-22-15-9-7-12(11-14(15)19)8-10-16(20)18-17(21)13-5-3-2-4-6-13/h2-11,19H,1H3,(H,18,20,21)/b10-8+. The number of hydrogen-bond acceptors (Lipinski definition) is 4. The number of carbonyl (C=O) groups is 2. The van der Waals surface area contributed by atoms with E-state index in [4.69, 9.17) is 4.74 Å². The van der Waals surface area contributed by atoms with Crippen LogP contribution in [0.2, 0.25) is 0 Å². The highest BCUT2D eigenvalue weighted by molar-refractivity contribution is 6.09. The first-order chi connectivity index (χ1) is 10.6. The van der Waals surface area contributed by atoms with Crippen molar-refractivity contribution in [3.05, 3.63) is 65.7 Å². The van der Waals surface area contributed by atoms with E-state index < -0.39 is 11.8 Å². The zero-order valence-corrected chi connectivity index (χ0v) is 11.9. The molecule has 0 aliphatic carbocycles. The number of benzene rings is 2. The molecule has 5 heteroatoms. The van der Waals surface area contributed by atoms with Crippen LogP contribution in [-0.4, -0.2) is 24.0 Å². The van der Waals surface area contributed by atoms with Gasteiger partial charge in [-0.3, -0.25) is 14.9 Å². The number of nitrogens with one attached hydrogen (secondary N) is 1. The summed E-state index contributed by atoms with van der Waals surface area (Å²) < 4.78 is 4.93. The summed E-state index contributed by atoms with van der Waals surface area (Å²) in [7, 11) is 1.45. The van der Waals surface area contributed by atoms with Crippen LogP contribution in [0.4, 0.5) is 0 Å². The highest BCUT2D eigenvalue weighted by Gasteiger charge is 2.07. The van der Waals surface area contributed by atoms with E-state index in [1.54, 1.807) is 42.5 Å². The molecule has 2 amide bonds. The molecule has 22 heavy (non-hydrogen) atoms. The number of phenols is 1. The van der Waals surface area contributed by atoms with E-state index in [2.05, 4.69) is 5.32 Å². The minimum atomic E-state index is -0.538. The summed E-state index contributed by atoms with van der Waals surface area (Å²) in [5.41, 5.74) is 1.02. The minimum absolute atomic E-state index is 0.0228. The van der Waals surface area contributed by atoms with Gasteiger partial charge in [-0.25, -0.2) is 0 Å². The van der Waals surface area contributed by atoms with E-state index in [-0.39, 0.29) is 5.75 Å². The number of hydrogen-bond donors (Lipinski definition) is 2. The molecule has 0 saturated heterocycles. The van der Waals surface area contributed by atoms with Gasteiger partial charge in [-0.2, -0.15) is 0 Å². The van der Waals surface area contributed by atoms with Crippen LogP contribution in [0.5, 0.6) is 11.5 Å². The normalized spacial score (nSPS) is 10.4. The van der Waals surface area contributed by atoms with Crippen LogP contribution in [0, 0.1) is 0 Å². The molecule has 0 bridgehead atoms. The Morgan fingerprint density at radius 1 is 1.14 bits per heavy atom. The summed E-state index contributed by atoms with van der Waals surface area (Å²) in [4.78, 5) is 23.5. The average Bonchev–Trinajstić information content (AvgIpc) is 2.54. The number of carbonyl (C=O) groups excluding carboxylic acids is 2. The van der Waals surface area contributed by atoms with Crippen molar-refractivity contribution in [3.63, 3.8) is 0 Å². The largest absolute Gasteiger partial charge is 0.504 e. The molecule has 0 radical (unpaired) electrons. The molecule has 0 aliphatic rings. The summed E-state index contributed by atoms with van der Waals surface area (Å²) in [6.07, 6.45) is 2.72. The zero-order valence-electron chi connectivity index (χ0n) is 11.9. The van der Waals surface area contributed by atoms with Crippen LogP contribution >= 0.6 is 0 Å². The molecule has 112 valence electrons. The lowest BCUT2D eigenvalue weighted by molar-refractivity contribution is -0.115. The molecule has 0 spiro atoms. The monoisotopic (exact) mass is 297 g/mol. The smallest absolute Gasteiger partial charge is 0.258 e. The second kappa shape index (κ2) is 7.08. The van der Waals surface area contributed by atoms with Crippen LogP contribution in [0.15, 0.2) is 54.6 Å². The minimum Gasteiger partial charge on any atom is -0.504 e. The molecule has 0 atom stereocenters. The van der Waals surface area contributed by atoms with Gasteiger partial charge >= 0.3 is 0 Å². The van der Waals surface area contributed by atoms with Gasteiger partial charge in [0.15, 0.2) is 11.5 Å². The lowest BCUT2D eigenvalue weighted by Crippen LogP contribution is -2.28. The molecular weight excluding hydrogens is 282 g/mol. The number of imide groups is 1. The number of ether oxygens (including phenoxy) is 1. The van der Waals surface area contributed by atoms with Crippen molar-refractivity contribution in [2.45, 2.75) is 0 Å². The van der Waals surface area contributed by atoms with Crippen LogP contribution in [0.1, 0.15) is 15.9 Å². The second-order valence-electron chi connectivity index (χ2n) is 4.45. The number of phenolic OH excluding ortho intramolecular Hbond substituents is 1. The first-order valence-electron chi connectivity index (χ1n) is 6.55. The molecule has 0 heterocycles. The van der Waals surface area contributed by atoms with Gasteiger partial charge in [0, 0.05) is 11.6 Å². The van der Waals surface area contributed by atoms with E-state index >= 15 is 0 Å². The predicted molar refractivity (Wildman–Crippen MR) is 82.6 cm³/mol. The van der Waals surface area contributed by atoms with Gasteiger partial charge in [0.25, 0.3) is 11.8 Å². The van der Waals surface area contributed by atoms with Crippen molar-refractivity contribution in [2.75, 3.05) is 7.11 Å². The van der Waals surface area contributed by atoms with E-state index in [1.165, 1.54) is 25.3 Å². The molecule has 2 aromatic carbocycles. The van der Waals surface area contributed by atoms with Gasteiger partial charge in [0.1, 0.15) is 0 Å². The number of rotatable bonds is 4. The highest BCUT2D eigenvalue weighted by Crippen LogP contribution is 2.26. The summed E-state index contributed by atoms with van der Waals surface area (Å²) in [6.45, 7) is 0. The Hall–Kier alpha value is -3.08. The molecule has 0 saturated carbocycles. The molecule has 0 unspecified atom stereocenters. The van der Waals surface area contributed by atoms with Gasteiger partial charge in [0.05, 0.1) is 7.11 Å². The molecule has 2 aromatic rings. The maximum absolute atomic E-state index is 11.8. The van der Waals surface area contributed by atoms with Crippen LogP contribution < -0.4 is 10.1 Å². The van der Waals surface area contributed by atoms with Gasteiger partial charge in [0.2, 0.25) is 0 Å². The van der Waals surface area contributed by atoms with E-state index in [9.17, 15) is 14.7 Å². The van der Waals surface area contributed by atoms with Crippen molar-refractivity contribution in [1.82, 2.24) is 5.32 Å². The molecule has 5 nitrogen and oxygen atoms in total. The van der Waals surface area contributed by atoms with E-state index in [0.717, 1.165) is 0 Å². The van der Waals surface area contributed by atoms with Crippen molar-refractivity contribution in [1.29, 1.82) is 0 Å². The maximum Gasteiger partial charge on any atom is 0.258 e. The Balaban J connectivity index is 2.00. The fourth-order valence-electron chi connectivity index (χ4n) is 1.80. The van der Waals surface area contributed by atoms with Gasteiger partial charge in [-0.05, 0) is 35.9 Å². The third-order valence-electron chi connectivity index (χ3n) is 2.90. The third-order valence-corrected chi connectivity index (χ3v) is 2.90. The Kier molecular flexibility index (Phi) is 4.93. The molecule has 2 rings (SSSR count). The summed E-state index contributed by atoms with van der Waals surface area (Å²) in [5.74, 6) is -0.678. The fraction of sp³-hybridized carbons (Fsp3) is 0.0588. The SMILES string of the molecule is COc1ccc(/C=C/C(=O)NC(=O)c2ccccc2)cc1O. The van der Waals surface area contributed by atoms with Crippen molar-refractivity contribution >= 4 is 17.9 Å². The lowest BCUT2D eigenvalue weighted by Gasteiger charge is -2.03. The molecule has 0 aromatic heterocycles. The van der Waals surface area contributed by atoms with Crippen molar-refractivity contribution < 1.29 is 19.4 Å². The summed E-state index contributed by atoms with van der Waals surface area (Å²) >= 11 is 0. The topological polar surface area (TPSA) is 75.6 Å². The Morgan fingerprint density at radius 3 is 2.50 bits per heavy atom. The quantitative estimate of drug-likeness (QED) is 0.850. The lowest BCUT2D eigenvalue weighted by atomic mass is 10.2. The first kappa shape index (κ1) is 15.3. The number of aromatic hydroxyl groups is 1. The number of amides is 2. The Bertz CT molecular complexity index is 708. The number of methoxy groups -OCH3 is 1. The van der Waals surface area contributed by atoms with Crippen LogP contribution in [0.25, 0.3) is 6.08 Å². The molecule has 0 fully saturated rings. The predicted octanol–water partition coefficient (Wildman–Crippen LogP) is 2.37. The van der Waals surface area contributed by atoms with Gasteiger partial charge < -0.3 is 9.84 Å². The fourth-order valence-corrected chi connectivity index (χ4v) is 1.80. The van der Waals surface area contributed by atoms with Gasteiger partial charge in [-0.15, -0.1) is 0 Å². The highest BCUT2D eigenvalue weighted by atomic mass is 16.5. The summed E-state index contributed by atoms with van der Waals surface area (Å²) in [5, 5.41) is 11.9. The molecular formula is C17H15NO4. The second-order valence-corrected chi connectivity index (χ2v) is 4.45. The summed E-state index contributed by atoms with van der Waals surface area (Å²) in [6, 6.07) is 13.2. The van der Waals surface area contributed by atoms with Crippen LogP contribution in [-0.2, 0) is 4.79 Å².